The number of Topliss-reactive ketones (excluding diaryl/α,β-unsaturated/α-hetero) is 1. The Balaban J connectivity index is 1.73. The van der Waals surface area contributed by atoms with Gasteiger partial charge in [0.1, 0.15) is 11.6 Å². The average Bonchev–Trinajstić information content (AvgIpc) is 3.12. The number of aliphatic hydroxyl groups is 1. The molecule has 1 N–H and O–H groups in total. The first-order valence-corrected chi connectivity index (χ1v) is 10.7. The van der Waals surface area contributed by atoms with Crippen LogP contribution in [0.2, 0.25) is 0 Å². The number of ether oxygens (including phenoxy) is 2. The summed E-state index contributed by atoms with van der Waals surface area (Å²) in [4.78, 5) is 27.5. The number of likely N-dealkylation sites (tertiary alicyclic amines) is 1. The van der Waals surface area contributed by atoms with Gasteiger partial charge in [0.25, 0.3) is 11.7 Å². The number of carbonyl (C=O) groups excluding carboxylic acids is 2. The first kappa shape index (κ1) is 23.0. The third-order valence-corrected chi connectivity index (χ3v) is 5.86. The highest BCUT2D eigenvalue weighted by atomic mass is 19.1. The highest BCUT2D eigenvalue weighted by Gasteiger charge is 2.45. The van der Waals surface area contributed by atoms with Crippen LogP contribution in [0.4, 0.5) is 4.39 Å². The van der Waals surface area contributed by atoms with Gasteiger partial charge in [0, 0.05) is 12.1 Å². The maximum Gasteiger partial charge on any atom is 0.295 e. The minimum atomic E-state index is -0.846. The lowest BCUT2D eigenvalue weighted by atomic mass is 9.95. The molecule has 0 saturated carbocycles. The number of hydrogen-bond donors (Lipinski definition) is 1. The Morgan fingerprint density at radius 1 is 0.941 bits per heavy atom. The van der Waals surface area contributed by atoms with Gasteiger partial charge in [-0.2, -0.15) is 0 Å². The van der Waals surface area contributed by atoms with E-state index >= 15 is 0 Å². The lowest BCUT2D eigenvalue weighted by Crippen LogP contribution is -2.31. The molecule has 0 bridgehead atoms. The Kier molecular flexibility index (Phi) is 6.63. The Hall–Kier alpha value is -4.13. The number of nitrogens with zero attached hydrogens (tertiary/aromatic N) is 1. The van der Waals surface area contributed by atoms with Crippen LogP contribution in [0.25, 0.3) is 5.76 Å². The lowest BCUT2D eigenvalue weighted by Gasteiger charge is -2.25. The number of halogens is 1. The van der Waals surface area contributed by atoms with Crippen molar-refractivity contribution in [2.75, 3.05) is 20.8 Å². The van der Waals surface area contributed by atoms with Crippen LogP contribution in [0.3, 0.4) is 0 Å². The van der Waals surface area contributed by atoms with Gasteiger partial charge in [0.15, 0.2) is 11.5 Å². The summed E-state index contributed by atoms with van der Waals surface area (Å²) in [6.07, 6.45) is 0.427. The third kappa shape index (κ3) is 4.37. The maximum atomic E-state index is 13.6. The second kappa shape index (κ2) is 9.79. The second-order valence-corrected chi connectivity index (χ2v) is 7.85. The van der Waals surface area contributed by atoms with Crippen molar-refractivity contribution in [3.63, 3.8) is 0 Å². The molecule has 1 atom stereocenters. The predicted octanol–water partition coefficient (Wildman–Crippen LogP) is 4.51. The molecule has 6 nitrogen and oxygen atoms in total. The monoisotopic (exact) mass is 461 g/mol. The topological polar surface area (TPSA) is 76.1 Å². The molecule has 1 aliphatic rings. The number of rotatable bonds is 7. The number of hydrogen-bond acceptors (Lipinski definition) is 5. The van der Waals surface area contributed by atoms with Crippen LogP contribution in [0, 0.1) is 5.82 Å². The summed E-state index contributed by atoms with van der Waals surface area (Å²) in [7, 11) is 3.09. The molecule has 0 spiro atoms. The maximum absolute atomic E-state index is 13.6. The van der Waals surface area contributed by atoms with E-state index in [1.165, 1.54) is 36.3 Å². The molecule has 1 fully saturated rings. The van der Waals surface area contributed by atoms with Gasteiger partial charge < -0.3 is 19.5 Å². The zero-order chi connectivity index (χ0) is 24.2. The summed E-state index contributed by atoms with van der Waals surface area (Å²) >= 11 is 0. The summed E-state index contributed by atoms with van der Waals surface area (Å²) in [5.74, 6) is -1.05. The number of amides is 1. The van der Waals surface area contributed by atoms with Crippen molar-refractivity contribution in [2.45, 2.75) is 12.5 Å². The summed E-state index contributed by atoms with van der Waals surface area (Å²) in [5, 5.41) is 11.0. The fourth-order valence-corrected chi connectivity index (χ4v) is 4.14. The second-order valence-electron chi connectivity index (χ2n) is 7.85. The van der Waals surface area contributed by atoms with E-state index in [4.69, 9.17) is 9.47 Å². The normalized spacial score (nSPS) is 17.1. The number of methoxy groups -OCH3 is 2. The van der Waals surface area contributed by atoms with E-state index in [9.17, 15) is 19.1 Å². The summed E-state index contributed by atoms with van der Waals surface area (Å²) < 4.78 is 24.2. The van der Waals surface area contributed by atoms with Gasteiger partial charge in [-0.05, 0) is 41.8 Å². The van der Waals surface area contributed by atoms with Crippen LogP contribution in [-0.4, -0.2) is 42.5 Å². The standard InChI is InChI=1S/C27H24FNO5/c1-33-21-13-8-17(16-22(21)34-2)14-15-29-24(18-9-11-20(28)12-10-18)23(26(31)27(29)32)25(30)19-6-4-3-5-7-19/h3-13,16,24,30H,14-15H2,1-2H3/t24-/m0/s1. The molecule has 1 heterocycles. The molecule has 1 saturated heterocycles. The van der Waals surface area contributed by atoms with E-state index in [1.807, 2.05) is 12.1 Å². The van der Waals surface area contributed by atoms with Crippen molar-refractivity contribution in [1.82, 2.24) is 4.90 Å². The molecule has 0 unspecified atom stereocenters. The van der Waals surface area contributed by atoms with E-state index in [1.54, 1.807) is 43.5 Å². The van der Waals surface area contributed by atoms with Crippen LogP contribution in [0.1, 0.15) is 22.7 Å². The molecule has 7 heteroatoms. The average molecular weight is 461 g/mol. The highest BCUT2D eigenvalue weighted by Crippen LogP contribution is 2.39. The SMILES string of the molecule is COc1ccc(CCN2C(=O)C(=O)C(=C(O)c3ccccc3)[C@@H]2c2ccc(F)cc2)cc1OC. The van der Waals surface area contributed by atoms with Gasteiger partial charge in [-0.1, -0.05) is 48.5 Å². The fraction of sp³-hybridized carbons (Fsp3) is 0.185. The number of benzene rings is 3. The number of carbonyl (C=O) groups is 2. The Labute approximate surface area is 196 Å². The Morgan fingerprint density at radius 3 is 2.26 bits per heavy atom. The Morgan fingerprint density at radius 2 is 1.62 bits per heavy atom. The predicted molar refractivity (Wildman–Crippen MR) is 125 cm³/mol. The van der Waals surface area contributed by atoms with Crippen molar-refractivity contribution in [3.8, 4) is 11.5 Å². The molecular formula is C27H24FNO5. The minimum absolute atomic E-state index is 0.0184. The van der Waals surface area contributed by atoms with E-state index in [-0.39, 0.29) is 17.9 Å². The van der Waals surface area contributed by atoms with Gasteiger partial charge >= 0.3 is 0 Å². The van der Waals surface area contributed by atoms with Crippen LogP contribution < -0.4 is 9.47 Å². The van der Waals surface area contributed by atoms with E-state index in [0.29, 0.717) is 29.0 Å². The van der Waals surface area contributed by atoms with Crippen molar-refractivity contribution >= 4 is 17.4 Å². The quantitative estimate of drug-likeness (QED) is 0.318. The van der Waals surface area contributed by atoms with Gasteiger partial charge in [0.2, 0.25) is 0 Å². The minimum Gasteiger partial charge on any atom is -0.507 e. The largest absolute Gasteiger partial charge is 0.507 e. The van der Waals surface area contributed by atoms with E-state index in [0.717, 1.165) is 5.56 Å². The van der Waals surface area contributed by atoms with Crippen LogP contribution >= 0.6 is 0 Å². The van der Waals surface area contributed by atoms with Crippen molar-refractivity contribution < 1.29 is 28.6 Å². The molecule has 4 rings (SSSR count). The first-order chi connectivity index (χ1) is 16.4. The molecule has 0 radical (unpaired) electrons. The molecular weight excluding hydrogens is 437 g/mol. The van der Waals surface area contributed by atoms with Gasteiger partial charge in [-0.3, -0.25) is 9.59 Å². The van der Waals surface area contributed by atoms with Gasteiger partial charge in [0.05, 0.1) is 25.8 Å². The molecule has 0 aliphatic carbocycles. The van der Waals surface area contributed by atoms with Gasteiger partial charge in [-0.25, -0.2) is 4.39 Å². The van der Waals surface area contributed by atoms with Crippen molar-refractivity contribution in [2.24, 2.45) is 0 Å². The lowest BCUT2D eigenvalue weighted by molar-refractivity contribution is -0.139. The third-order valence-electron chi connectivity index (χ3n) is 5.86. The molecule has 1 aliphatic heterocycles. The van der Waals surface area contributed by atoms with E-state index in [2.05, 4.69) is 0 Å². The van der Waals surface area contributed by atoms with Crippen molar-refractivity contribution in [3.05, 3.63) is 101 Å². The summed E-state index contributed by atoms with van der Waals surface area (Å²) in [6.45, 7) is 0.202. The van der Waals surface area contributed by atoms with Crippen molar-refractivity contribution in [1.29, 1.82) is 0 Å². The van der Waals surface area contributed by atoms with Crippen LogP contribution in [0.5, 0.6) is 11.5 Å². The smallest absolute Gasteiger partial charge is 0.295 e. The zero-order valence-electron chi connectivity index (χ0n) is 18.8. The van der Waals surface area contributed by atoms with E-state index < -0.39 is 23.5 Å². The summed E-state index contributed by atoms with van der Waals surface area (Å²) in [5.41, 5.74) is 1.81. The summed E-state index contributed by atoms with van der Waals surface area (Å²) in [6, 6.07) is 18.7. The Bertz CT molecular complexity index is 1240. The molecule has 3 aromatic carbocycles. The molecule has 174 valence electrons. The fourth-order valence-electron chi connectivity index (χ4n) is 4.14. The number of ketones is 1. The molecule has 3 aromatic rings. The molecule has 0 aromatic heterocycles. The molecule has 1 amide bonds. The first-order valence-electron chi connectivity index (χ1n) is 10.7. The molecule has 34 heavy (non-hydrogen) atoms. The van der Waals surface area contributed by atoms with Gasteiger partial charge in [-0.15, -0.1) is 0 Å². The number of aliphatic hydroxyl groups excluding tert-OH is 1. The van der Waals surface area contributed by atoms with Crippen LogP contribution in [0.15, 0.2) is 78.4 Å². The highest BCUT2D eigenvalue weighted by molar-refractivity contribution is 6.46. The zero-order valence-corrected chi connectivity index (χ0v) is 18.8. The van der Waals surface area contributed by atoms with Crippen LogP contribution in [-0.2, 0) is 16.0 Å².